The molecule has 2 heterocycles. The van der Waals surface area contributed by atoms with Crippen molar-refractivity contribution in [1.29, 1.82) is 0 Å². The lowest BCUT2D eigenvalue weighted by Gasteiger charge is -2.12. The summed E-state index contributed by atoms with van der Waals surface area (Å²) in [7, 11) is 0. The molecule has 0 aliphatic carbocycles. The summed E-state index contributed by atoms with van der Waals surface area (Å²) in [6.45, 7) is 6.16. The molecule has 0 saturated heterocycles. The summed E-state index contributed by atoms with van der Waals surface area (Å²) in [5, 5.41) is 2.65. The summed E-state index contributed by atoms with van der Waals surface area (Å²) < 4.78 is 114. The number of hydrogen-bond donors (Lipinski definition) is 0. The molecule has 0 bridgehead atoms. The lowest BCUT2D eigenvalue weighted by Crippen LogP contribution is -2.14. The Balaban J connectivity index is 1.86. The van der Waals surface area contributed by atoms with E-state index in [0.717, 1.165) is 24.3 Å². The molecule has 0 unspecified atom stereocenters. The van der Waals surface area contributed by atoms with Crippen molar-refractivity contribution in [2.24, 2.45) is 0 Å². The summed E-state index contributed by atoms with van der Waals surface area (Å²) in [4.78, 5) is 6.56. The molecule has 13 heteroatoms. The fourth-order valence-corrected chi connectivity index (χ4v) is 3.37. The average Bonchev–Trinajstić information content (AvgIpc) is 3.31. The van der Waals surface area contributed by atoms with Crippen LogP contribution in [-0.2, 0) is 18.9 Å². The number of fused-ring (bicyclic) bond motifs is 1. The van der Waals surface area contributed by atoms with Crippen LogP contribution in [0.25, 0.3) is 27.2 Å². The Bertz CT molecular complexity index is 1390. The van der Waals surface area contributed by atoms with Crippen LogP contribution in [0.15, 0.2) is 40.9 Å². The Morgan fingerprint density at radius 3 is 2.18 bits per heavy atom. The zero-order valence-electron chi connectivity index (χ0n) is 15.9. The highest BCUT2D eigenvalue weighted by Gasteiger charge is 2.40. The third-order valence-electron chi connectivity index (χ3n) is 4.63. The van der Waals surface area contributed by atoms with Crippen LogP contribution < -0.4 is 0 Å². The molecule has 0 saturated carbocycles. The predicted molar refractivity (Wildman–Crippen MR) is 97.0 cm³/mol. The fourth-order valence-electron chi connectivity index (χ4n) is 3.37. The Hall–Kier alpha value is -3.95. The molecule has 0 aliphatic rings. The van der Waals surface area contributed by atoms with Gasteiger partial charge in [0.2, 0.25) is 0 Å². The van der Waals surface area contributed by atoms with E-state index in [0.29, 0.717) is 16.7 Å². The SMILES string of the molecule is [C-]#[N+]c1ccc2c(cc(C(F)(F)F)n2Cc2noc(-c3cc(F)cc(F)c3)n2)c1C(F)(F)F. The molecule has 0 N–H and O–H groups in total. The van der Waals surface area contributed by atoms with E-state index in [2.05, 4.69) is 15.0 Å². The van der Waals surface area contributed by atoms with Crippen LogP contribution in [0, 0.1) is 18.2 Å². The number of benzene rings is 2. The number of alkyl halides is 6. The highest BCUT2D eigenvalue weighted by Crippen LogP contribution is 2.44. The fraction of sp³-hybridized carbons (Fsp3) is 0.150. The van der Waals surface area contributed by atoms with E-state index in [1.807, 2.05) is 0 Å². The van der Waals surface area contributed by atoms with Crippen molar-refractivity contribution in [2.45, 2.75) is 18.9 Å². The highest BCUT2D eigenvalue weighted by molar-refractivity contribution is 5.90. The van der Waals surface area contributed by atoms with Gasteiger partial charge in [0.1, 0.15) is 17.3 Å². The molecule has 5 nitrogen and oxygen atoms in total. The van der Waals surface area contributed by atoms with Crippen molar-refractivity contribution in [3.8, 4) is 11.5 Å². The molecule has 0 aliphatic heterocycles. The molecule has 4 aromatic rings. The third-order valence-corrected chi connectivity index (χ3v) is 4.63. The first-order valence-electron chi connectivity index (χ1n) is 8.85. The Morgan fingerprint density at radius 2 is 1.61 bits per heavy atom. The molecule has 0 amide bonds. The normalized spacial score (nSPS) is 12.3. The van der Waals surface area contributed by atoms with Gasteiger partial charge in [-0.2, -0.15) is 31.3 Å². The van der Waals surface area contributed by atoms with Crippen LogP contribution in [0.3, 0.4) is 0 Å². The Kier molecular flexibility index (Phi) is 5.11. The van der Waals surface area contributed by atoms with E-state index in [-0.39, 0.29) is 11.4 Å². The molecular weight excluding hydrogens is 464 g/mol. The molecule has 0 spiro atoms. The van der Waals surface area contributed by atoms with Crippen molar-refractivity contribution in [1.82, 2.24) is 14.7 Å². The minimum atomic E-state index is -5.09. The van der Waals surface area contributed by atoms with Crippen molar-refractivity contribution in [2.75, 3.05) is 0 Å². The van der Waals surface area contributed by atoms with E-state index in [9.17, 15) is 35.1 Å². The predicted octanol–water partition coefficient (Wildman–Crippen LogP) is 6.61. The number of halogens is 8. The molecule has 2 aromatic heterocycles. The number of nitrogens with zero attached hydrogens (tertiary/aromatic N) is 4. The highest BCUT2D eigenvalue weighted by atomic mass is 19.4. The van der Waals surface area contributed by atoms with E-state index >= 15 is 0 Å². The van der Waals surface area contributed by atoms with Crippen molar-refractivity contribution < 1.29 is 39.6 Å². The average molecular weight is 472 g/mol. The largest absolute Gasteiger partial charge is 0.431 e. The lowest BCUT2D eigenvalue weighted by molar-refractivity contribution is -0.143. The summed E-state index contributed by atoms with van der Waals surface area (Å²) >= 11 is 0. The topological polar surface area (TPSA) is 48.2 Å². The molecule has 2 aromatic carbocycles. The first-order valence-corrected chi connectivity index (χ1v) is 8.85. The maximum Gasteiger partial charge on any atom is 0.431 e. The summed E-state index contributed by atoms with van der Waals surface area (Å²) in [6.07, 6.45) is -10.1. The third kappa shape index (κ3) is 4.11. The number of rotatable bonds is 3. The van der Waals surface area contributed by atoms with E-state index in [1.54, 1.807) is 0 Å². The monoisotopic (exact) mass is 472 g/mol. The molecular formula is C20H8F8N4O. The second-order valence-electron chi connectivity index (χ2n) is 6.79. The molecule has 4 rings (SSSR count). The van der Waals surface area contributed by atoms with Gasteiger partial charge in [-0.15, -0.1) is 0 Å². The standard InChI is InChI=1S/C20H8F8N4O/c1-29-13-2-3-14-12(17(13)20(26,27)28)7-15(19(23,24)25)32(14)8-16-30-18(33-31-16)9-4-10(21)6-11(22)5-9/h2-7H,8H2. The first kappa shape index (κ1) is 22.3. The van der Waals surface area contributed by atoms with Crippen LogP contribution >= 0.6 is 0 Å². The van der Waals surface area contributed by atoms with Gasteiger partial charge >= 0.3 is 12.4 Å². The lowest BCUT2D eigenvalue weighted by atomic mass is 10.1. The first-order chi connectivity index (χ1) is 15.4. The van der Waals surface area contributed by atoms with Crippen LogP contribution in [0.2, 0.25) is 0 Å². The van der Waals surface area contributed by atoms with Gasteiger partial charge in [-0.1, -0.05) is 11.2 Å². The van der Waals surface area contributed by atoms with E-state index < -0.39 is 64.3 Å². The molecule has 170 valence electrons. The van der Waals surface area contributed by atoms with Gasteiger partial charge in [-0.05, 0) is 24.3 Å². The van der Waals surface area contributed by atoms with Crippen LogP contribution in [0.4, 0.5) is 40.8 Å². The molecule has 0 radical (unpaired) electrons. The van der Waals surface area contributed by atoms with E-state index in [1.165, 1.54) is 0 Å². The maximum atomic E-state index is 13.6. The van der Waals surface area contributed by atoms with Gasteiger partial charge in [-0.25, -0.2) is 13.6 Å². The van der Waals surface area contributed by atoms with Gasteiger partial charge in [0, 0.05) is 22.5 Å². The smallest absolute Gasteiger partial charge is 0.334 e. The second-order valence-corrected chi connectivity index (χ2v) is 6.79. The minimum absolute atomic E-state index is 0.180. The quantitative estimate of drug-likeness (QED) is 0.249. The van der Waals surface area contributed by atoms with Gasteiger partial charge in [0.05, 0.1) is 18.7 Å². The Labute approximate surface area is 178 Å². The number of hydrogen-bond acceptors (Lipinski definition) is 3. The van der Waals surface area contributed by atoms with Gasteiger partial charge in [0.25, 0.3) is 5.89 Å². The number of aromatic nitrogens is 3. The van der Waals surface area contributed by atoms with Gasteiger partial charge in [-0.3, -0.25) is 0 Å². The summed E-state index contributed by atoms with van der Waals surface area (Å²) in [6, 6.07) is 4.32. The Morgan fingerprint density at radius 1 is 0.939 bits per heavy atom. The zero-order valence-corrected chi connectivity index (χ0v) is 15.9. The molecule has 0 atom stereocenters. The van der Waals surface area contributed by atoms with Gasteiger partial charge in [0.15, 0.2) is 11.5 Å². The minimum Gasteiger partial charge on any atom is -0.334 e. The maximum absolute atomic E-state index is 13.6. The molecule has 33 heavy (non-hydrogen) atoms. The second kappa shape index (κ2) is 7.58. The zero-order chi connectivity index (χ0) is 24.1. The van der Waals surface area contributed by atoms with Crippen LogP contribution in [0.1, 0.15) is 17.1 Å². The van der Waals surface area contributed by atoms with Crippen molar-refractivity contribution in [3.63, 3.8) is 0 Å². The van der Waals surface area contributed by atoms with E-state index in [4.69, 9.17) is 11.1 Å². The van der Waals surface area contributed by atoms with Crippen molar-refractivity contribution in [3.05, 3.63) is 76.5 Å². The molecule has 0 fully saturated rings. The van der Waals surface area contributed by atoms with Gasteiger partial charge < -0.3 is 9.09 Å². The summed E-state index contributed by atoms with van der Waals surface area (Å²) in [5.41, 5.74) is -4.43. The van der Waals surface area contributed by atoms with Crippen LogP contribution in [-0.4, -0.2) is 14.7 Å². The summed E-state index contributed by atoms with van der Waals surface area (Å²) in [5.74, 6) is -2.72. The van der Waals surface area contributed by atoms with Crippen LogP contribution in [0.5, 0.6) is 0 Å². The van der Waals surface area contributed by atoms with Crippen molar-refractivity contribution >= 4 is 16.6 Å².